The van der Waals surface area contributed by atoms with Gasteiger partial charge in [-0.25, -0.2) is 0 Å². The Balaban J connectivity index is 2.59. The number of halogens is 1. The molecule has 0 amide bonds. The third-order valence-electron chi connectivity index (χ3n) is 1.98. The highest BCUT2D eigenvalue weighted by atomic mass is 79.9. The number of rotatable bonds is 0. The Morgan fingerprint density at radius 2 is 2.33 bits per heavy atom. The van der Waals surface area contributed by atoms with E-state index in [1.54, 1.807) is 12.4 Å². The van der Waals surface area contributed by atoms with E-state index in [-0.39, 0.29) is 6.04 Å². The molecule has 0 bridgehead atoms. The largest absolute Gasteiger partial charge is 0.359 e. The number of aromatic amines is 1. The summed E-state index contributed by atoms with van der Waals surface area (Å²) in [7, 11) is 0. The standard InChI is InChI=1S/C11H10BrN3/c1-7(13)2-3-8-4-15-10-6-14-5-9(12)11(8)10/h4-7,15H,13H2,1H3. The summed E-state index contributed by atoms with van der Waals surface area (Å²) in [5.41, 5.74) is 7.50. The minimum absolute atomic E-state index is 0.115. The molecule has 0 aliphatic rings. The minimum atomic E-state index is -0.115. The Hall–Kier alpha value is -1.31. The second-order valence-corrected chi connectivity index (χ2v) is 4.16. The van der Waals surface area contributed by atoms with Crippen molar-refractivity contribution in [3.63, 3.8) is 0 Å². The van der Waals surface area contributed by atoms with Gasteiger partial charge in [0.15, 0.2) is 0 Å². The fraction of sp³-hybridized carbons (Fsp3) is 0.182. The van der Waals surface area contributed by atoms with E-state index in [4.69, 9.17) is 5.73 Å². The smallest absolute Gasteiger partial charge is 0.0664 e. The maximum Gasteiger partial charge on any atom is 0.0664 e. The maximum atomic E-state index is 5.58. The molecule has 2 rings (SSSR count). The van der Waals surface area contributed by atoms with Crippen LogP contribution in [0.4, 0.5) is 0 Å². The first kappa shape index (κ1) is 10.2. The average Bonchev–Trinajstić information content (AvgIpc) is 2.59. The van der Waals surface area contributed by atoms with Crippen LogP contribution in [0.5, 0.6) is 0 Å². The van der Waals surface area contributed by atoms with Gasteiger partial charge in [-0.15, -0.1) is 0 Å². The zero-order valence-electron chi connectivity index (χ0n) is 8.21. The summed E-state index contributed by atoms with van der Waals surface area (Å²) in [6, 6.07) is -0.115. The SMILES string of the molecule is CC(N)C#Cc1c[nH]c2cncc(Br)c12. The number of hydrogen-bond acceptors (Lipinski definition) is 2. The molecule has 0 spiro atoms. The summed E-state index contributed by atoms with van der Waals surface area (Å²) < 4.78 is 0.940. The van der Waals surface area contributed by atoms with Crippen LogP contribution in [0.1, 0.15) is 12.5 Å². The highest BCUT2D eigenvalue weighted by Gasteiger charge is 2.04. The molecule has 0 fully saturated rings. The third-order valence-corrected chi connectivity index (χ3v) is 2.58. The summed E-state index contributed by atoms with van der Waals surface area (Å²) in [5, 5.41) is 1.05. The molecule has 1 unspecified atom stereocenters. The number of nitrogens with two attached hydrogens (primary N) is 1. The zero-order chi connectivity index (χ0) is 10.8. The molecule has 76 valence electrons. The molecule has 0 radical (unpaired) electrons. The number of fused-ring (bicyclic) bond motifs is 1. The van der Waals surface area contributed by atoms with E-state index in [1.165, 1.54) is 0 Å². The molecular weight excluding hydrogens is 254 g/mol. The van der Waals surface area contributed by atoms with Gasteiger partial charge in [-0.2, -0.15) is 0 Å². The Labute approximate surface area is 96.2 Å². The second kappa shape index (κ2) is 4.05. The lowest BCUT2D eigenvalue weighted by Gasteiger charge is -1.93. The van der Waals surface area contributed by atoms with Gasteiger partial charge in [0.1, 0.15) is 0 Å². The van der Waals surface area contributed by atoms with Crippen LogP contribution < -0.4 is 5.73 Å². The normalized spacial score (nSPS) is 12.2. The second-order valence-electron chi connectivity index (χ2n) is 3.30. The van der Waals surface area contributed by atoms with Crippen molar-refractivity contribution in [1.29, 1.82) is 0 Å². The monoisotopic (exact) mass is 263 g/mol. The van der Waals surface area contributed by atoms with Gasteiger partial charge in [-0.3, -0.25) is 4.98 Å². The molecule has 0 aliphatic carbocycles. The van der Waals surface area contributed by atoms with Gasteiger partial charge in [0.25, 0.3) is 0 Å². The van der Waals surface area contributed by atoms with Crippen LogP contribution >= 0.6 is 15.9 Å². The van der Waals surface area contributed by atoms with Gasteiger partial charge in [0.2, 0.25) is 0 Å². The predicted molar refractivity (Wildman–Crippen MR) is 64.3 cm³/mol. The third kappa shape index (κ3) is 2.04. The van der Waals surface area contributed by atoms with Crippen molar-refractivity contribution in [1.82, 2.24) is 9.97 Å². The number of nitrogens with zero attached hydrogens (tertiary/aromatic N) is 1. The lowest BCUT2D eigenvalue weighted by molar-refractivity contribution is 0.959. The number of aromatic nitrogens is 2. The molecule has 15 heavy (non-hydrogen) atoms. The van der Waals surface area contributed by atoms with Crippen LogP contribution in [0.15, 0.2) is 23.1 Å². The van der Waals surface area contributed by atoms with E-state index >= 15 is 0 Å². The van der Waals surface area contributed by atoms with E-state index in [2.05, 4.69) is 37.7 Å². The molecule has 2 aromatic heterocycles. The van der Waals surface area contributed by atoms with Crippen LogP contribution in [0, 0.1) is 11.8 Å². The van der Waals surface area contributed by atoms with Gasteiger partial charge in [-0.05, 0) is 22.9 Å². The number of hydrogen-bond donors (Lipinski definition) is 2. The lowest BCUT2D eigenvalue weighted by atomic mass is 10.2. The quantitative estimate of drug-likeness (QED) is 0.715. The van der Waals surface area contributed by atoms with Crippen LogP contribution in [0.25, 0.3) is 10.9 Å². The Morgan fingerprint density at radius 3 is 3.07 bits per heavy atom. The Morgan fingerprint density at radius 1 is 1.53 bits per heavy atom. The van der Waals surface area contributed by atoms with Crippen molar-refractivity contribution < 1.29 is 0 Å². The van der Waals surface area contributed by atoms with E-state index in [9.17, 15) is 0 Å². The van der Waals surface area contributed by atoms with Gasteiger partial charge in [0, 0.05) is 22.3 Å². The molecule has 0 saturated carbocycles. The molecular formula is C11H10BrN3. The van der Waals surface area contributed by atoms with Crippen LogP contribution in [-0.4, -0.2) is 16.0 Å². The first-order chi connectivity index (χ1) is 7.18. The van der Waals surface area contributed by atoms with E-state index in [0.717, 1.165) is 20.9 Å². The van der Waals surface area contributed by atoms with Crippen LogP contribution in [-0.2, 0) is 0 Å². The van der Waals surface area contributed by atoms with E-state index < -0.39 is 0 Å². The number of nitrogens with one attached hydrogen (secondary N) is 1. The Kier molecular flexibility index (Phi) is 2.76. The summed E-state index contributed by atoms with van der Waals surface area (Å²) in [6.45, 7) is 1.86. The summed E-state index contributed by atoms with van der Waals surface area (Å²) in [5.74, 6) is 5.98. The van der Waals surface area contributed by atoms with Crippen molar-refractivity contribution >= 4 is 26.8 Å². The summed E-state index contributed by atoms with van der Waals surface area (Å²) in [6.07, 6.45) is 5.40. The topological polar surface area (TPSA) is 54.7 Å². The lowest BCUT2D eigenvalue weighted by Crippen LogP contribution is -2.10. The van der Waals surface area contributed by atoms with Gasteiger partial charge >= 0.3 is 0 Å². The van der Waals surface area contributed by atoms with E-state index in [0.29, 0.717) is 0 Å². The highest BCUT2D eigenvalue weighted by molar-refractivity contribution is 9.10. The van der Waals surface area contributed by atoms with Crippen molar-refractivity contribution in [2.75, 3.05) is 0 Å². The summed E-state index contributed by atoms with van der Waals surface area (Å²) in [4.78, 5) is 7.19. The predicted octanol–water partition coefficient (Wildman–Crippen LogP) is 2.02. The molecule has 0 aliphatic heterocycles. The molecule has 2 heterocycles. The molecule has 0 aromatic carbocycles. The summed E-state index contributed by atoms with van der Waals surface area (Å²) >= 11 is 3.45. The fourth-order valence-corrected chi connectivity index (χ4v) is 1.88. The van der Waals surface area contributed by atoms with Crippen LogP contribution in [0.2, 0.25) is 0 Å². The van der Waals surface area contributed by atoms with Gasteiger partial charge in [0.05, 0.1) is 23.3 Å². The minimum Gasteiger partial charge on any atom is -0.359 e. The molecule has 1 atom stereocenters. The van der Waals surface area contributed by atoms with Crippen LogP contribution in [0.3, 0.4) is 0 Å². The van der Waals surface area contributed by atoms with Gasteiger partial charge in [-0.1, -0.05) is 11.8 Å². The van der Waals surface area contributed by atoms with Gasteiger partial charge < -0.3 is 10.7 Å². The molecule has 3 nitrogen and oxygen atoms in total. The number of pyridine rings is 1. The molecule has 3 N–H and O–H groups in total. The number of H-pyrrole nitrogens is 1. The molecule has 2 aromatic rings. The fourth-order valence-electron chi connectivity index (χ4n) is 1.33. The Bertz CT molecular complexity index is 546. The molecule has 4 heteroatoms. The van der Waals surface area contributed by atoms with Crippen molar-refractivity contribution in [2.24, 2.45) is 5.73 Å². The highest BCUT2D eigenvalue weighted by Crippen LogP contribution is 2.24. The van der Waals surface area contributed by atoms with E-state index in [1.807, 2.05) is 13.1 Å². The van der Waals surface area contributed by atoms with Crippen molar-refractivity contribution in [3.8, 4) is 11.8 Å². The zero-order valence-corrected chi connectivity index (χ0v) is 9.80. The van der Waals surface area contributed by atoms with Crippen molar-refractivity contribution in [2.45, 2.75) is 13.0 Å². The first-order valence-electron chi connectivity index (χ1n) is 4.56. The average molecular weight is 264 g/mol. The maximum absolute atomic E-state index is 5.58. The first-order valence-corrected chi connectivity index (χ1v) is 5.35. The van der Waals surface area contributed by atoms with Crippen molar-refractivity contribution in [3.05, 3.63) is 28.6 Å². The molecule has 0 saturated heterocycles.